The molecule has 126 valence electrons. The summed E-state index contributed by atoms with van der Waals surface area (Å²) in [4.78, 5) is 26.0. The molecule has 0 radical (unpaired) electrons. The Bertz CT molecular complexity index is 524. The van der Waals surface area contributed by atoms with Crippen LogP contribution in [0.15, 0.2) is 24.3 Å². The molecule has 0 aliphatic carbocycles. The van der Waals surface area contributed by atoms with E-state index in [4.69, 9.17) is 0 Å². The van der Waals surface area contributed by atoms with Crippen molar-refractivity contribution in [2.75, 3.05) is 13.1 Å². The summed E-state index contributed by atoms with van der Waals surface area (Å²) in [6.45, 7) is 4.01. The van der Waals surface area contributed by atoms with Crippen molar-refractivity contribution in [2.24, 2.45) is 5.92 Å². The van der Waals surface area contributed by atoms with Crippen LogP contribution in [0.4, 0.5) is 4.39 Å². The van der Waals surface area contributed by atoms with Crippen LogP contribution >= 0.6 is 0 Å². The van der Waals surface area contributed by atoms with Crippen molar-refractivity contribution in [3.8, 4) is 0 Å². The lowest BCUT2D eigenvalue weighted by Gasteiger charge is -2.27. The van der Waals surface area contributed by atoms with Gasteiger partial charge in [0.25, 0.3) is 0 Å². The lowest BCUT2D eigenvalue weighted by atomic mass is 10.0. The van der Waals surface area contributed by atoms with Gasteiger partial charge in [0, 0.05) is 32.5 Å². The minimum atomic E-state index is -0.287. The number of piperidine rings is 1. The molecule has 1 atom stereocenters. The number of benzene rings is 1. The van der Waals surface area contributed by atoms with E-state index in [1.807, 2.05) is 11.8 Å². The zero-order valence-electron chi connectivity index (χ0n) is 13.7. The molecule has 1 fully saturated rings. The third-order valence-electron chi connectivity index (χ3n) is 4.17. The number of hydrogen-bond donors (Lipinski definition) is 1. The molecular weight excluding hydrogens is 295 g/mol. The van der Waals surface area contributed by atoms with E-state index in [1.165, 1.54) is 18.6 Å². The topological polar surface area (TPSA) is 49.4 Å². The number of rotatable bonds is 6. The number of hydrogen-bond acceptors (Lipinski definition) is 2. The molecule has 1 aromatic rings. The average molecular weight is 320 g/mol. The lowest BCUT2D eigenvalue weighted by Crippen LogP contribution is -2.36. The Kier molecular flexibility index (Phi) is 6.56. The Morgan fingerprint density at radius 3 is 2.43 bits per heavy atom. The summed E-state index contributed by atoms with van der Waals surface area (Å²) >= 11 is 0. The van der Waals surface area contributed by atoms with Crippen molar-refractivity contribution < 1.29 is 14.0 Å². The molecule has 1 unspecified atom stereocenters. The Hall–Kier alpha value is -1.91. The van der Waals surface area contributed by atoms with Crippen molar-refractivity contribution in [2.45, 2.75) is 45.6 Å². The minimum absolute atomic E-state index is 0.0256. The van der Waals surface area contributed by atoms with Crippen LogP contribution in [0, 0.1) is 11.7 Å². The van der Waals surface area contributed by atoms with E-state index < -0.39 is 0 Å². The smallest absolute Gasteiger partial charge is 0.222 e. The van der Waals surface area contributed by atoms with Crippen LogP contribution in [-0.4, -0.2) is 29.8 Å². The number of nitrogens with one attached hydrogen (secondary N) is 1. The number of carbonyl (C=O) groups excluding carboxylic acids is 2. The molecule has 1 aliphatic rings. The first-order chi connectivity index (χ1) is 11.0. The van der Waals surface area contributed by atoms with Crippen molar-refractivity contribution in [3.05, 3.63) is 35.6 Å². The molecule has 2 rings (SSSR count). The molecule has 1 heterocycles. The van der Waals surface area contributed by atoms with Gasteiger partial charge in [0.05, 0.1) is 0 Å². The van der Waals surface area contributed by atoms with Gasteiger partial charge in [-0.05, 0) is 42.9 Å². The van der Waals surface area contributed by atoms with Gasteiger partial charge in [0.1, 0.15) is 5.82 Å². The summed E-state index contributed by atoms with van der Waals surface area (Å²) in [5.41, 5.74) is 0.858. The van der Waals surface area contributed by atoms with E-state index in [1.54, 1.807) is 12.1 Å². The first-order valence-electron chi connectivity index (χ1n) is 8.33. The number of carbonyl (C=O) groups is 2. The molecule has 0 bridgehead atoms. The van der Waals surface area contributed by atoms with Crippen LogP contribution in [0.25, 0.3) is 0 Å². The van der Waals surface area contributed by atoms with Crippen LogP contribution in [0.1, 0.15) is 44.6 Å². The molecular formula is C18H25FN2O2. The lowest BCUT2D eigenvalue weighted by molar-refractivity contribution is -0.133. The average Bonchev–Trinajstić information content (AvgIpc) is 2.55. The monoisotopic (exact) mass is 320 g/mol. The van der Waals surface area contributed by atoms with E-state index in [0.29, 0.717) is 19.4 Å². The standard InChI is InChI=1S/C18H25FN2O2/c1-14(12-18(23)21-9-3-2-4-10-21)11-17(22)20-13-15-5-7-16(19)8-6-15/h5-8,14H,2-4,9-13H2,1H3,(H,20,22). The zero-order chi connectivity index (χ0) is 16.7. The van der Waals surface area contributed by atoms with Gasteiger partial charge in [0.15, 0.2) is 0 Å². The predicted octanol–water partition coefficient (Wildman–Crippen LogP) is 2.87. The molecule has 1 N–H and O–H groups in total. The van der Waals surface area contributed by atoms with Gasteiger partial charge in [-0.15, -0.1) is 0 Å². The predicted molar refractivity (Wildman–Crippen MR) is 87.1 cm³/mol. The highest BCUT2D eigenvalue weighted by Crippen LogP contribution is 2.14. The summed E-state index contributed by atoms with van der Waals surface area (Å²) in [5.74, 6) is -0.181. The zero-order valence-corrected chi connectivity index (χ0v) is 13.7. The van der Waals surface area contributed by atoms with Crippen LogP contribution in [0.5, 0.6) is 0 Å². The second kappa shape index (κ2) is 8.65. The van der Waals surface area contributed by atoms with Gasteiger partial charge in [-0.3, -0.25) is 9.59 Å². The number of halogens is 1. The summed E-state index contributed by atoms with van der Waals surface area (Å²) in [7, 11) is 0. The second-order valence-electron chi connectivity index (χ2n) is 6.36. The highest BCUT2D eigenvalue weighted by Gasteiger charge is 2.20. The SMILES string of the molecule is CC(CC(=O)NCc1ccc(F)cc1)CC(=O)N1CCCCC1. The van der Waals surface area contributed by atoms with Crippen molar-refractivity contribution >= 4 is 11.8 Å². The summed E-state index contributed by atoms with van der Waals surface area (Å²) in [6, 6.07) is 6.06. The molecule has 1 saturated heterocycles. The van der Waals surface area contributed by atoms with Crippen molar-refractivity contribution in [1.82, 2.24) is 10.2 Å². The van der Waals surface area contributed by atoms with E-state index >= 15 is 0 Å². The molecule has 0 aromatic heterocycles. The molecule has 0 spiro atoms. The Labute approximate surface area is 137 Å². The Morgan fingerprint density at radius 2 is 1.78 bits per heavy atom. The van der Waals surface area contributed by atoms with E-state index in [9.17, 15) is 14.0 Å². The molecule has 0 saturated carbocycles. The second-order valence-corrected chi connectivity index (χ2v) is 6.36. The van der Waals surface area contributed by atoms with E-state index in [0.717, 1.165) is 31.5 Å². The molecule has 5 heteroatoms. The molecule has 1 aliphatic heterocycles. The van der Waals surface area contributed by atoms with E-state index in [-0.39, 0.29) is 23.5 Å². The highest BCUT2D eigenvalue weighted by atomic mass is 19.1. The van der Waals surface area contributed by atoms with Crippen LogP contribution < -0.4 is 5.32 Å². The van der Waals surface area contributed by atoms with Gasteiger partial charge in [-0.2, -0.15) is 0 Å². The number of amides is 2. The first-order valence-corrected chi connectivity index (χ1v) is 8.33. The maximum atomic E-state index is 12.8. The van der Waals surface area contributed by atoms with Gasteiger partial charge in [-0.1, -0.05) is 19.1 Å². The maximum Gasteiger partial charge on any atom is 0.222 e. The highest BCUT2D eigenvalue weighted by molar-refractivity contribution is 5.79. The third-order valence-corrected chi connectivity index (χ3v) is 4.17. The first kappa shape index (κ1) is 17.4. The van der Waals surface area contributed by atoms with Crippen LogP contribution in [0.2, 0.25) is 0 Å². The van der Waals surface area contributed by atoms with Gasteiger partial charge >= 0.3 is 0 Å². The fourth-order valence-electron chi connectivity index (χ4n) is 2.83. The van der Waals surface area contributed by atoms with E-state index in [2.05, 4.69) is 5.32 Å². The fourth-order valence-corrected chi connectivity index (χ4v) is 2.83. The molecule has 23 heavy (non-hydrogen) atoms. The van der Waals surface area contributed by atoms with Gasteiger partial charge in [-0.25, -0.2) is 4.39 Å². The molecule has 2 amide bonds. The van der Waals surface area contributed by atoms with Crippen molar-refractivity contribution in [1.29, 1.82) is 0 Å². The largest absolute Gasteiger partial charge is 0.352 e. The van der Waals surface area contributed by atoms with Crippen LogP contribution in [-0.2, 0) is 16.1 Å². The quantitative estimate of drug-likeness (QED) is 0.876. The number of likely N-dealkylation sites (tertiary alicyclic amines) is 1. The Balaban J connectivity index is 1.69. The summed E-state index contributed by atoms with van der Waals surface area (Å²) in [6.07, 6.45) is 4.12. The third kappa shape index (κ3) is 6.00. The minimum Gasteiger partial charge on any atom is -0.352 e. The summed E-state index contributed by atoms with van der Waals surface area (Å²) < 4.78 is 12.8. The Morgan fingerprint density at radius 1 is 1.13 bits per heavy atom. The van der Waals surface area contributed by atoms with Crippen molar-refractivity contribution in [3.63, 3.8) is 0 Å². The normalized spacial score (nSPS) is 16.0. The molecule has 4 nitrogen and oxygen atoms in total. The van der Waals surface area contributed by atoms with Gasteiger partial charge in [0.2, 0.25) is 11.8 Å². The van der Waals surface area contributed by atoms with Gasteiger partial charge < -0.3 is 10.2 Å². The maximum absolute atomic E-state index is 12.8. The number of nitrogens with zero attached hydrogens (tertiary/aromatic N) is 1. The molecule has 1 aromatic carbocycles. The summed E-state index contributed by atoms with van der Waals surface area (Å²) in [5, 5.41) is 2.82. The fraction of sp³-hybridized carbons (Fsp3) is 0.556. The van der Waals surface area contributed by atoms with Crippen LogP contribution in [0.3, 0.4) is 0 Å².